The van der Waals surface area contributed by atoms with E-state index >= 15 is 0 Å². The molecule has 1 aromatic rings. The molecule has 1 aliphatic heterocycles. The summed E-state index contributed by atoms with van der Waals surface area (Å²) in [6.07, 6.45) is 6.92. The van der Waals surface area contributed by atoms with Gasteiger partial charge in [-0.2, -0.15) is 4.98 Å². The van der Waals surface area contributed by atoms with E-state index < -0.39 is 0 Å². The number of ether oxygens (including phenoxy) is 1. The number of hydrogen-bond donors (Lipinski definition) is 2. The minimum Gasteiger partial charge on any atom is -0.477 e. The molecule has 0 amide bonds. The number of rotatable bonds is 6. The Hall–Kier alpha value is -1.36. The van der Waals surface area contributed by atoms with Crippen LogP contribution in [0.15, 0.2) is 12.4 Å². The number of aromatic nitrogens is 2. The molecule has 1 unspecified atom stereocenters. The van der Waals surface area contributed by atoms with Crippen molar-refractivity contribution in [3.8, 4) is 5.88 Å². The molecule has 5 nitrogen and oxygen atoms in total. The minimum absolute atomic E-state index is 0.601. The van der Waals surface area contributed by atoms with E-state index in [0.717, 1.165) is 31.9 Å². The fourth-order valence-electron chi connectivity index (χ4n) is 2.06. The number of piperidine rings is 1. The zero-order chi connectivity index (χ0) is 12.6. The van der Waals surface area contributed by atoms with E-state index in [0.29, 0.717) is 18.4 Å². The van der Waals surface area contributed by atoms with Gasteiger partial charge in [0.1, 0.15) is 5.82 Å². The molecule has 1 fully saturated rings. The van der Waals surface area contributed by atoms with Gasteiger partial charge in [-0.1, -0.05) is 6.92 Å². The summed E-state index contributed by atoms with van der Waals surface area (Å²) in [6.45, 7) is 5.94. The van der Waals surface area contributed by atoms with Crippen LogP contribution < -0.4 is 15.4 Å². The van der Waals surface area contributed by atoms with Gasteiger partial charge in [0.15, 0.2) is 0 Å². The van der Waals surface area contributed by atoms with Crippen molar-refractivity contribution in [2.75, 3.05) is 31.6 Å². The Kier molecular flexibility index (Phi) is 5.20. The van der Waals surface area contributed by atoms with E-state index in [1.807, 2.05) is 0 Å². The lowest BCUT2D eigenvalue weighted by Crippen LogP contribution is -2.33. The van der Waals surface area contributed by atoms with Crippen molar-refractivity contribution >= 4 is 5.82 Å². The molecular weight excluding hydrogens is 228 g/mol. The van der Waals surface area contributed by atoms with Gasteiger partial charge in [-0.25, -0.2) is 0 Å². The Labute approximate surface area is 108 Å². The molecule has 0 bridgehead atoms. The number of hydrogen-bond acceptors (Lipinski definition) is 5. The maximum Gasteiger partial charge on any atom is 0.234 e. The zero-order valence-electron chi connectivity index (χ0n) is 11.0. The van der Waals surface area contributed by atoms with Crippen molar-refractivity contribution in [1.82, 2.24) is 15.3 Å². The van der Waals surface area contributed by atoms with E-state index in [-0.39, 0.29) is 0 Å². The Morgan fingerprint density at radius 2 is 2.44 bits per heavy atom. The molecule has 100 valence electrons. The first-order chi connectivity index (χ1) is 8.88. The second-order valence-electron chi connectivity index (χ2n) is 4.68. The summed E-state index contributed by atoms with van der Waals surface area (Å²) in [5.41, 5.74) is 0. The van der Waals surface area contributed by atoms with Gasteiger partial charge in [-0.3, -0.25) is 4.98 Å². The number of anilines is 1. The van der Waals surface area contributed by atoms with Crippen LogP contribution in [0.25, 0.3) is 0 Å². The average molecular weight is 250 g/mol. The third kappa shape index (κ3) is 4.14. The Morgan fingerprint density at radius 3 is 3.22 bits per heavy atom. The highest BCUT2D eigenvalue weighted by molar-refractivity contribution is 5.33. The van der Waals surface area contributed by atoms with Gasteiger partial charge in [0.05, 0.1) is 19.0 Å². The fourth-order valence-corrected chi connectivity index (χ4v) is 2.06. The predicted molar refractivity (Wildman–Crippen MR) is 71.9 cm³/mol. The molecule has 2 rings (SSSR count). The van der Waals surface area contributed by atoms with Crippen molar-refractivity contribution in [2.24, 2.45) is 5.92 Å². The second-order valence-corrected chi connectivity index (χ2v) is 4.68. The third-order valence-corrected chi connectivity index (χ3v) is 3.04. The van der Waals surface area contributed by atoms with Crippen LogP contribution in [0.5, 0.6) is 5.88 Å². The van der Waals surface area contributed by atoms with Gasteiger partial charge in [0.25, 0.3) is 0 Å². The lowest BCUT2D eigenvalue weighted by Gasteiger charge is -2.23. The van der Waals surface area contributed by atoms with Crippen LogP contribution in [0.1, 0.15) is 26.2 Å². The molecule has 0 radical (unpaired) electrons. The van der Waals surface area contributed by atoms with E-state index in [1.54, 1.807) is 12.4 Å². The molecule has 1 atom stereocenters. The first-order valence-corrected chi connectivity index (χ1v) is 6.78. The lowest BCUT2D eigenvalue weighted by molar-refractivity contribution is 0.304. The van der Waals surface area contributed by atoms with Crippen LogP contribution in [-0.2, 0) is 0 Å². The smallest absolute Gasteiger partial charge is 0.234 e. The molecule has 1 aliphatic rings. The molecule has 1 saturated heterocycles. The summed E-state index contributed by atoms with van der Waals surface area (Å²) in [6, 6.07) is 0. The standard InChI is InChI=1S/C13H22N4O/c1-2-6-18-13-10-15-9-12(17-13)16-8-11-4-3-5-14-7-11/h9-11,14H,2-8H2,1H3,(H,16,17). The number of nitrogens with zero attached hydrogens (tertiary/aromatic N) is 2. The second kappa shape index (κ2) is 7.16. The summed E-state index contributed by atoms with van der Waals surface area (Å²) in [7, 11) is 0. The SMILES string of the molecule is CCCOc1cncc(NCC2CCCNC2)n1. The topological polar surface area (TPSA) is 59.1 Å². The summed E-state index contributed by atoms with van der Waals surface area (Å²) < 4.78 is 5.46. The minimum atomic E-state index is 0.601. The largest absolute Gasteiger partial charge is 0.477 e. The Balaban J connectivity index is 1.80. The van der Waals surface area contributed by atoms with Gasteiger partial charge in [0, 0.05) is 6.54 Å². The molecule has 2 heterocycles. The number of nitrogens with one attached hydrogen (secondary N) is 2. The highest BCUT2D eigenvalue weighted by Gasteiger charge is 2.12. The summed E-state index contributed by atoms with van der Waals surface area (Å²) >= 11 is 0. The summed E-state index contributed by atoms with van der Waals surface area (Å²) in [4.78, 5) is 8.51. The molecule has 18 heavy (non-hydrogen) atoms. The van der Waals surface area contributed by atoms with Gasteiger partial charge in [0.2, 0.25) is 5.88 Å². The maximum atomic E-state index is 5.46. The van der Waals surface area contributed by atoms with Crippen LogP contribution in [0.2, 0.25) is 0 Å². The monoisotopic (exact) mass is 250 g/mol. The molecule has 0 saturated carbocycles. The lowest BCUT2D eigenvalue weighted by atomic mass is 10.00. The van der Waals surface area contributed by atoms with Crippen LogP contribution in [-0.4, -0.2) is 36.2 Å². The zero-order valence-corrected chi connectivity index (χ0v) is 11.0. The highest BCUT2D eigenvalue weighted by atomic mass is 16.5. The average Bonchev–Trinajstić information content (AvgIpc) is 2.44. The van der Waals surface area contributed by atoms with Crippen molar-refractivity contribution in [2.45, 2.75) is 26.2 Å². The van der Waals surface area contributed by atoms with Crippen molar-refractivity contribution in [3.63, 3.8) is 0 Å². The summed E-state index contributed by atoms with van der Waals surface area (Å²) in [5.74, 6) is 2.08. The maximum absolute atomic E-state index is 5.46. The van der Waals surface area contributed by atoms with E-state index in [2.05, 4.69) is 27.5 Å². The third-order valence-electron chi connectivity index (χ3n) is 3.04. The normalized spacial score (nSPS) is 19.5. The molecule has 0 aliphatic carbocycles. The van der Waals surface area contributed by atoms with E-state index in [4.69, 9.17) is 4.74 Å². The molecule has 2 N–H and O–H groups in total. The van der Waals surface area contributed by atoms with Crippen LogP contribution in [0, 0.1) is 5.92 Å². The Morgan fingerprint density at radius 1 is 1.50 bits per heavy atom. The quantitative estimate of drug-likeness (QED) is 0.804. The van der Waals surface area contributed by atoms with Gasteiger partial charge in [-0.15, -0.1) is 0 Å². The molecule has 0 spiro atoms. The fraction of sp³-hybridized carbons (Fsp3) is 0.692. The van der Waals surface area contributed by atoms with Crippen molar-refractivity contribution < 1.29 is 4.74 Å². The van der Waals surface area contributed by atoms with Crippen LogP contribution >= 0.6 is 0 Å². The van der Waals surface area contributed by atoms with Gasteiger partial charge < -0.3 is 15.4 Å². The van der Waals surface area contributed by atoms with E-state index in [9.17, 15) is 0 Å². The van der Waals surface area contributed by atoms with E-state index in [1.165, 1.54) is 12.8 Å². The van der Waals surface area contributed by atoms with Crippen LogP contribution in [0.3, 0.4) is 0 Å². The van der Waals surface area contributed by atoms with Crippen molar-refractivity contribution in [3.05, 3.63) is 12.4 Å². The van der Waals surface area contributed by atoms with Crippen LogP contribution in [0.4, 0.5) is 5.82 Å². The highest BCUT2D eigenvalue weighted by Crippen LogP contribution is 2.13. The molecular formula is C13H22N4O. The summed E-state index contributed by atoms with van der Waals surface area (Å²) in [5, 5.41) is 6.75. The molecule has 1 aromatic heterocycles. The van der Waals surface area contributed by atoms with Crippen molar-refractivity contribution in [1.29, 1.82) is 0 Å². The predicted octanol–water partition coefficient (Wildman–Crippen LogP) is 1.68. The first-order valence-electron chi connectivity index (χ1n) is 6.78. The van der Waals surface area contributed by atoms with Gasteiger partial charge >= 0.3 is 0 Å². The van der Waals surface area contributed by atoms with Gasteiger partial charge in [-0.05, 0) is 38.3 Å². The molecule has 5 heteroatoms. The first kappa shape index (κ1) is 13.1. The molecule has 0 aromatic carbocycles. The Bertz CT molecular complexity index is 353.